The third-order valence-corrected chi connectivity index (χ3v) is 4.71. The van der Waals surface area contributed by atoms with Crippen molar-refractivity contribution in [3.8, 4) is 0 Å². The second-order valence-corrected chi connectivity index (χ2v) is 6.14. The van der Waals surface area contributed by atoms with Gasteiger partial charge in [-0.2, -0.15) is 0 Å². The molecular weight excluding hydrogens is 297 g/mol. The van der Waals surface area contributed by atoms with Crippen LogP contribution in [0.25, 0.3) is 0 Å². The monoisotopic (exact) mass is 313 g/mol. The highest BCUT2D eigenvalue weighted by Gasteiger charge is 2.34. The van der Waals surface area contributed by atoms with Gasteiger partial charge >= 0.3 is 0 Å². The van der Waals surface area contributed by atoms with Crippen molar-refractivity contribution < 1.29 is 4.79 Å². The lowest BCUT2D eigenvalue weighted by Crippen LogP contribution is -2.63. The Hall–Kier alpha value is -0.810. The van der Waals surface area contributed by atoms with Gasteiger partial charge in [-0.05, 0) is 17.7 Å². The first-order valence-corrected chi connectivity index (χ1v) is 7.57. The summed E-state index contributed by atoms with van der Waals surface area (Å²) in [5, 5.41) is 4.09. The topological polar surface area (TPSA) is 35.6 Å². The lowest BCUT2D eigenvalue weighted by atomic mass is 10.1. The molecule has 1 aromatic rings. The zero-order valence-corrected chi connectivity index (χ0v) is 12.6. The standard InChI is InChI=1S/C14H17Cl2N3O/c15-11-2-1-10(7-12(11)16)8-18-5-6-19-4-3-17-14(20)13(19)9-18/h1-2,7,13H,3-6,8-9H2,(H,17,20)/t13-/m1/s1. The summed E-state index contributed by atoms with van der Waals surface area (Å²) >= 11 is 12.0. The van der Waals surface area contributed by atoms with E-state index in [9.17, 15) is 4.79 Å². The van der Waals surface area contributed by atoms with Crippen molar-refractivity contribution >= 4 is 29.1 Å². The van der Waals surface area contributed by atoms with E-state index in [0.29, 0.717) is 10.0 Å². The number of carbonyl (C=O) groups is 1. The Bertz CT molecular complexity index is 523. The van der Waals surface area contributed by atoms with Crippen molar-refractivity contribution in [2.24, 2.45) is 0 Å². The second kappa shape index (κ2) is 5.90. The summed E-state index contributed by atoms with van der Waals surface area (Å²) in [5.41, 5.74) is 1.13. The smallest absolute Gasteiger partial charge is 0.238 e. The van der Waals surface area contributed by atoms with Crippen LogP contribution in [0.3, 0.4) is 0 Å². The van der Waals surface area contributed by atoms with Gasteiger partial charge in [-0.1, -0.05) is 29.3 Å². The highest BCUT2D eigenvalue weighted by molar-refractivity contribution is 6.42. The molecular formula is C14H17Cl2N3O. The average Bonchev–Trinajstić information content (AvgIpc) is 2.44. The fourth-order valence-corrected chi connectivity index (χ4v) is 3.19. The molecule has 0 aromatic heterocycles. The predicted molar refractivity (Wildman–Crippen MR) is 80.1 cm³/mol. The largest absolute Gasteiger partial charge is 0.353 e. The van der Waals surface area contributed by atoms with Crippen LogP contribution in [0, 0.1) is 0 Å². The Morgan fingerprint density at radius 1 is 1.20 bits per heavy atom. The van der Waals surface area contributed by atoms with E-state index in [1.54, 1.807) is 0 Å². The van der Waals surface area contributed by atoms with E-state index in [2.05, 4.69) is 15.1 Å². The third-order valence-electron chi connectivity index (χ3n) is 3.97. The average molecular weight is 314 g/mol. The summed E-state index contributed by atoms with van der Waals surface area (Å²) in [4.78, 5) is 16.5. The number of rotatable bonds is 2. The molecule has 6 heteroatoms. The number of piperazine rings is 2. The fourth-order valence-electron chi connectivity index (χ4n) is 2.87. The lowest BCUT2D eigenvalue weighted by Gasteiger charge is -2.43. The molecule has 1 amide bonds. The van der Waals surface area contributed by atoms with Gasteiger partial charge in [0, 0.05) is 39.3 Å². The van der Waals surface area contributed by atoms with Crippen LogP contribution in [0.5, 0.6) is 0 Å². The molecule has 2 fully saturated rings. The van der Waals surface area contributed by atoms with E-state index in [0.717, 1.165) is 44.8 Å². The number of amides is 1. The molecule has 108 valence electrons. The Morgan fingerprint density at radius 2 is 2.05 bits per heavy atom. The van der Waals surface area contributed by atoms with Crippen molar-refractivity contribution in [2.75, 3.05) is 32.7 Å². The number of nitrogens with zero attached hydrogens (tertiary/aromatic N) is 2. The molecule has 4 nitrogen and oxygen atoms in total. The number of hydrogen-bond acceptors (Lipinski definition) is 3. The van der Waals surface area contributed by atoms with Gasteiger partial charge < -0.3 is 5.32 Å². The Kier molecular flexibility index (Phi) is 4.17. The van der Waals surface area contributed by atoms with Crippen molar-refractivity contribution in [2.45, 2.75) is 12.6 Å². The first-order chi connectivity index (χ1) is 9.63. The van der Waals surface area contributed by atoms with Crippen molar-refractivity contribution in [1.29, 1.82) is 0 Å². The summed E-state index contributed by atoms with van der Waals surface area (Å²) in [6, 6.07) is 5.70. The molecule has 0 unspecified atom stereocenters. The second-order valence-electron chi connectivity index (χ2n) is 5.33. The molecule has 2 aliphatic rings. The molecule has 2 saturated heterocycles. The molecule has 1 aromatic carbocycles. The summed E-state index contributed by atoms with van der Waals surface area (Å²) in [5.74, 6) is 0.148. The van der Waals surface area contributed by atoms with Gasteiger partial charge in [0.2, 0.25) is 5.91 Å². The van der Waals surface area contributed by atoms with E-state index in [-0.39, 0.29) is 11.9 Å². The third kappa shape index (κ3) is 2.93. The van der Waals surface area contributed by atoms with Crippen LogP contribution in [-0.2, 0) is 11.3 Å². The number of halogens is 2. The SMILES string of the molecule is O=C1NCCN2CCN(Cc3ccc(Cl)c(Cl)c3)C[C@H]12. The number of nitrogens with one attached hydrogen (secondary N) is 1. The van der Waals surface area contributed by atoms with Gasteiger partial charge in [0.15, 0.2) is 0 Å². The highest BCUT2D eigenvalue weighted by Crippen LogP contribution is 2.24. The molecule has 0 bridgehead atoms. The maximum Gasteiger partial charge on any atom is 0.238 e. The first kappa shape index (κ1) is 14.1. The van der Waals surface area contributed by atoms with Crippen molar-refractivity contribution in [3.63, 3.8) is 0 Å². The summed E-state index contributed by atoms with van der Waals surface area (Å²) < 4.78 is 0. The molecule has 0 spiro atoms. The molecule has 1 atom stereocenters. The van der Waals surface area contributed by atoms with E-state index in [4.69, 9.17) is 23.2 Å². The minimum Gasteiger partial charge on any atom is -0.353 e. The van der Waals surface area contributed by atoms with Crippen LogP contribution in [-0.4, -0.2) is 54.5 Å². The molecule has 20 heavy (non-hydrogen) atoms. The Balaban J connectivity index is 1.66. The molecule has 0 radical (unpaired) electrons. The first-order valence-electron chi connectivity index (χ1n) is 6.81. The molecule has 1 N–H and O–H groups in total. The maximum absolute atomic E-state index is 11.9. The zero-order chi connectivity index (χ0) is 14.1. The van der Waals surface area contributed by atoms with E-state index < -0.39 is 0 Å². The Morgan fingerprint density at radius 3 is 2.85 bits per heavy atom. The van der Waals surface area contributed by atoms with Crippen LogP contribution in [0.15, 0.2) is 18.2 Å². The van der Waals surface area contributed by atoms with Gasteiger partial charge in [-0.3, -0.25) is 14.6 Å². The van der Waals surface area contributed by atoms with E-state index in [1.165, 1.54) is 0 Å². The van der Waals surface area contributed by atoms with Gasteiger partial charge in [-0.15, -0.1) is 0 Å². The quantitative estimate of drug-likeness (QED) is 0.901. The minimum atomic E-state index is -0.0136. The number of hydrogen-bond donors (Lipinski definition) is 1. The molecule has 0 aliphatic carbocycles. The van der Waals surface area contributed by atoms with Gasteiger partial charge in [0.05, 0.1) is 10.0 Å². The summed E-state index contributed by atoms with van der Waals surface area (Å²) in [6.07, 6.45) is 0. The summed E-state index contributed by atoms with van der Waals surface area (Å²) in [7, 11) is 0. The van der Waals surface area contributed by atoms with Gasteiger partial charge in [-0.25, -0.2) is 0 Å². The predicted octanol–water partition coefficient (Wildman–Crippen LogP) is 1.61. The summed E-state index contributed by atoms with van der Waals surface area (Å²) in [6.45, 7) is 5.21. The van der Waals surface area contributed by atoms with Crippen LogP contribution >= 0.6 is 23.2 Å². The Labute approximate surface area is 128 Å². The molecule has 2 aliphatic heterocycles. The number of benzene rings is 1. The molecule has 2 heterocycles. The van der Waals surface area contributed by atoms with Crippen LogP contribution in [0.2, 0.25) is 10.0 Å². The number of fused-ring (bicyclic) bond motifs is 1. The van der Waals surface area contributed by atoms with E-state index >= 15 is 0 Å². The van der Waals surface area contributed by atoms with Crippen molar-refractivity contribution in [1.82, 2.24) is 15.1 Å². The van der Waals surface area contributed by atoms with Gasteiger partial charge in [0.1, 0.15) is 6.04 Å². The number of carbonyl (C=O) groups excluding carboxylic acids is 1. The maximum atomic E-state index is 11.9. The van der Waals surface area contributed by atoms with Crippen LogP contribution in [0.4, 0.5) is 0 Å². The molecule has 0 saturated carbocycles. The highest BCUT2D eigenvalue weighted by atomic mass is 35.5. The van der Waals surface area contributed by atoms with Crippen LogP contribution < -0.4 is 5.32 Å². The molecule has 3 rings (SSSR count). The van der Waals surface area contributed by atoms with Gasteiger partial charge in [0.25, 0.3) is 0 Å². The zero-order valence-electron chi connectivity index (χ0n) is 11.1. The minimum absolute atomic E-state index is 0.0136. The fraction of sp³-hybridized carbons (Fsp3) is 0.500. The normalized spacial score (nSPS) is 24.3. The van der Waals surface area contributed by atoms with E-state index in [1.807, 2.05) is 18.2 Å². The van der Waals surface area contributed by atoms with Crippen LogP contribution in [0.1, 0.15) is 5.56 Å². The lowest BCUT2D eigenvalue weighted by molar-refractivity contribution is -0.131. The van der Waals surface area contributed by atoms with Crippen molar-refractivity contribution in [3.05, 3.63) is 33.8 Å².